The number of anilines is 1. The van der Waals surface area contributed by atoms with Crippen molar-refractivity contribution in [2.75, 3.05) is 33.3 Å². The molecule has 0 radical (unpaired) electrons. The molecule has 1 heterocycles. The number of thiocarbonyl (C=S) groups is 1. The van der Waals surface area contributed by atoms with E-state index in [1.54, 1.807) is 56.8 Å². The molecule has 2 N–H and O–H groups in total. The lowest BCUT2D eigenvalue weighted by Gasteiger charge is -2.14. The first-order chi connectivity index (χ1) is 14.9. The van der Waals surface area contributed by atoms with Crippen LogP contribution in [0.15, 0.2) is 42.6 Å². The second kappa shape index (κ2) is 10.3. The van der Waals surface area contributed by atoms with Gasteiger partial charge in [0.2, 0.25) is 0 Å². The molecule has 0 aliphatic heterocycles. The molecule has 0 spiro atoms. The number of nitrogens with zero attached hydrogens (tertiary/aromatic N) is 1. The molecular formula is C21H20ClN3O5S. The van der Waals surface area contributed by atoms with Crippen LogP contribution in [0.25, 0.3) is 10.9 Å². The van der Waals surface area contributed by atoms with Gasteiger partial charge >= 0.3 is 0 Å². The van der Waals surface area contributed by atoms with Crippen LogP contribution in [0.4, 0.5) is 5.69 Å². The Morgan fingerprint density at radius 2 is 1.81 bits per heavy atom. The molecular weight excluding hydrogens is 442 g/mol. The topological polar surface area (TPSA) is 90.9 Å². The molecule has 162 valence electrons. The van der Waals surface area contributed by atoms with Gasteiger partial charge in [-0.1, -0.05) is 11.6 Å². The van der Waals surface area contributed by atoms with Gasteiger partial charge in [0.1, 0.15) is 18.1 Å². The molecule has 8 nitrogen and oxygen atoms in total. The van der Waals surface area contributed by atoms with Crippen molar-refractivity contribution in [2.24, 2.45) is 0 Å². The van der Waals surface area contributed by atoms with E-state index in [4.69, 9.17) is 42.8 Å². The fraction of sp³-hybridized carbons (Fsp3) is 0.190. The van der Waals surface area contributed by atoms with Crippen LogP contribution in [-0.4, -0.2) is 43.9 Å². The zero-order chi connectivity index (χ0) is 22.4. The fourth-order valence-corrected chi connectivity index (χ4v) is 3.21. The molecule has 1 amide bonds. The van der Waals surface area contributed by atoms with Gasteiger partial charge in [0.25, 0.3) is 5.91 Å². The zero-order valence-electron chi connectivity index (χ0n) is 17.0. The first-order valence-corrected chi connectivity index (χ1v) is 9.81. The van der Waals surface area contributed by atoms with Gasteiger partial charge in [-0.25, -0.2) is 0 Å². The number of nitrogens with one attached hydrogen (secondary N) is 2. The highest BCUT2D eigenvalue weighted by Gasteiger charge is 2.13. The number of halogens is 1. The van der Waals surface area contributed by atoms with Gasteiger partial charge in [-0.3, -0.25) is 9.78 Å². The van der Waals surface area contributed by atoms with Crippen LogP contribution in [0.2, 0.25) is 5.02 Å². The monoisotopic (exact) mass is 461 g/mol. The molecule has 0 fully saturated rings. The van der Waals surface area contributed by atoms with E-state index >= 15 is 0 Å². The molecule has 0 saturated carbocycles. The number of hydrogen-bond acceptors (Lipinski definition) is 7. The third-order valence-electron chi connectivity index (χ3n) is 4.15. The first-order valence-electron chi connectivity index (χ1n) is 9.03. The summed E-state index contributed by atoms with van der Waals surface area (Å²) >= 11 is 11.5. The van der Waals surface area contributed by atoms with Crippen molar-refractivity contribution in [3.05, 3.63) is 47.6 Å². The molecule has 0 aliphatic rings. The number of carbonyl (C=O) groups excluding carboxylic acids is 1. The number of amides is 1. The molecule has 0 saturated heterocycles. The molecule has 0 unspecified atom stereocenters. The molecule has 0 bridgehead atoms. The Morgan fingerprint density at radius 1 is 1.06 bits per heavy atom. The van der Waals surface area contributed by atoms with Gasteiger partial charge < -0.3 is 29.6 Å². The summed E-state index contributed by atoms with van der Waals surface area (Å²) in [7, 11) is 4.55. The Kier molecular flexibility index (Phi) is 7.45. The summed E-state index contributed by atoms with van der Waals surface area (Å²) in [4.78, 5) is 15.9. The van der Waals surface area contributed by atoms with Gasteiger partial charge in [0.05, 0.1) is 30.4 Å². The van der Waals surface area contributed by atoms with Crippen LogP contribution >= 0.6 is 23.8 Å². The number of pyridine rings is 1. The van der Waals surface area contributed by atoms with Crippen molar-refractivity contribution in [1.82, 2.24) is 10.3 Å². The number of ether oxygens (including phenoxy) is 4. The maximum Gasteiger partial charge on any atom is 0.252 e. The number of rotatable bonds is 7. The largest absolute Gasteiger partial charge is 0.493 e. The van der Waals surface area contributed by atoms with Gasteiger partial charge in [-0.2, -0.15) is 0 Å². The van der Waals surface area contributed by atoms with E-state index < -0.39 is 0 Å². The Balaban J connectivity index is 1.80. The first kappa shape index (κ1) is 22.5. The van der Waals surface area contributed by atoms with E-state index in [2.05, 4.69) is 15.6 Å². The van der Waals surface area contributed by atoms with Crippen molar-refractivity contribution in [2.45, 2.75) is 0 Å². The normalized spacial score (nSPS) is 10.5. The smallest absolute Gasteiger partial charge is 0.252 e. The third-order valence-corrected chi connectivity index (χ3v) is 4.67. The average molecular weight is 462 g/mol. The maximum atomic E-state index is 11.5. The van der Waals surface area contributed by atoms with Crippen LogP contribution < -0.4 is 24.8 Å². The van der Waals surface area contributed by atoms with E-state index in [1.807, 2.05) is 0 Å². The molecule has 0 aliphatic carbocycles. The Morgan fingerprint density at radius 3 is 2.48 bits per heavy atom. The van der Waals surface area contributed by atoms with Crippen molar-refractivity contribution >= 4 is 51.4 Å². The van der Waals surface area contributed by atoms with Gasteiger partial charge in [-0.15, -0.1) is 0 Å². The molecule has 1 aromatic heterocycles. The summed E-state index contributed by atoms with van der Waals surface area (Å²) in [6, 6.07) is 10.4. The summed E-state index contributed by atoms with van der Waals surface area (Å²) in [6.07, 6.45) is 1.64. The Bertz CT molecular complexity index is 1130. The van der Waals surface area contributed by atoms with Crippen molar-refractivity contribution in [3.8, 4) is 23.0 Å². The molecule has 2 aromatic carbocycles. The van der Waals surface area contributed by atoms with Crippen LogP contribution in [0.5, 0.6) is 23.0 Å². The molecule has 31 heavy (non-hydrogen) atoms. The van der Waals surface area contributed by atoms with Crippen LogP contribution in [0.1, 0.15) is 0 Å². The second-order valence-electron chi connectivity index (χ2n) is 6.21. The lowest BCUT2D eigenvalue weighted by atomic mass is 10.2. The molecule has 3 aromatic rings. The summed E-state index contributed by atoms with van der Waals surface area (Å²) < 4.78 is 21.5. The van der Waals surface area contributed by atoms with E-state index in [1.165, 1.54) is 7.11 Å². The minimum absolute atomic E-state index is 0.0983. The number of hydrogen-bond donors (Lipinski definition) is 2. The number of carbonyl (C=O) groups is 1. The highest BCUT2D eigenvalue weighted by molar-refractivity contribution is 7.80. The summed E-state index contributed by atoms with van der Waals surface area (Å²) in [5, 5.41) is 6.57. The van der Waals surface area contributed by atoms with E-state index in [0.717, 1.165) is 5.39 Å². The lowest BCUT2D eigenvalue weighted by Crippen LogP contribution is -2.36. The number of aromatic nitrogens is 1. The highest BCUT2D eigenvalue weighted by Crippen LogP contribution is 2.37. The Hall–Kier alpha value is -3.14. The fourth-order valence-electron chi connectivity index (χ4n) is 2.77. The number of fused-ring (bicyclic) bond motifs is 1. The average Bonchev–Trinajstić information content (AvgIpc) is 2.75. The Labute approximate surface area is 189 Å². The summed E-state index contributed by atoms with van der Waals surface area (Å²) in [5.74, 6) is 1.85. The molecule has 0 atom stereocenters. The van der Waals surface area contributed by atoms with Crippen LogP contribution in [0.3, 0.4) is 0 Å². The van der Waals surface area contributed by atoms with Crippen LogP contribution in [-0.2, 0) is 9.53 Å². The maximum absolute atomic E-state index is 11.5. The van der Waals surface area contributed by atoms with Gasteiger partial charge in [0, 0.05) is 30.8 Å². The van der Waals surface area contributed by atoms with Crippen LogP contribution in [0, 0.1) is 0 Å². The molecule has 10 heteroatoms. The standard InChI is InChI=1S/C21H20ClN3O5S/c1-27-11-20(26)25-21(31)24-15-5-4-12(8-14(15)22)30-17-6-7-23-16-10-19(29-3)18(28-2)9-13(16)17/h4-10H,11H2,1-3H3,(H2,24,25,26,31). The number of methoxy groups -OCH3 is 3. The quantitative estimate of drug-likeness (QED) is 0.507. The summed E-state index contributed by atoms with van der Waals surface area (Å²) in [6.45, 7) is -0.0983. The van der Waals surface area contributed by atoms with Gasteiger partial charge in [-0.05, 0) is 36.5 Å². The van der Waals surface area contributed by atoms with Gasteiger partial charge in [0.15, 0.2) is 16.6 Å². The third kappa shape index (κ3) is 5.52. The minimum Gasteiger partial charge on any atom is -0.493 e. The van der Waals surface area contributed by atoms with Crippen molar-refractivity contribution in [3.63, 3.8) is 0 Å². The predicted octanol–water partition coefficient (Wildman–Crippen LogP) is 4.16. The molecule has 3 rings (SSSR count). The number of benzene rings is 2. The lowest BCUT2D eigenvalue weighted by molar-refractivity contribution is -0.123. The SMILES string of the molecule is COCC(=O)NC(=S)Nc1ccc(Oc2ccnc3cc(OC)c(OC)cc23)cc1Cl. The van der Waals surface area contributed by atoms with Crippen molar-refractivity contribution < 1.29 is 23.7 Å². The van der Waals surface area contributed by atoms with E-state index in [9.17, 15) is 4.79 Å². The zero-order valence-corrected chi connectivity index (χ0v) is 18.6. The second-order valence-corrected chi connectivity index (χ2v) is 7.03. The van der Waals surface area contributed by atoms with E-state index in [-0.39, 0.29) is 17.6 Å². The van der Waals surface area contributed by atoms with E-state index in [0.29, 0.717) is 39.2 Å². The highest BCUT2D eigenvalue weighted by atomic mass is 35.5. The summed E-state index contributed by atoms with van der Waals surface area (Å²) in [5.41, 5.74) is 1.21. The predicted molar refractivity (Wildman–Crippen MR) is 123 cm³/mol. The van der Waals surface area contributed by atoms with Crippen molar-refractivity contribution in [1.29, 1.82) is 0 Å². The minimum atomic E-state index is -0.368.